The second kappa shape index (κ2) is 6.90. The van der Waals surface area contributed by atoms with E-state index in [0.29, 0.717) is 18.2 Å². The monoisotopic (exact) mass is 376 g/mol. The number of para-hydroxylation sites is 1. The van der Waals surface area contributed by atoms with Gasteiger partial charge in [0.25, 0.3) is 5.69 Å². The SMILES string of the molecule is CNc1c(N2CC3CCC(NC(=O)OC(C)(C)C)(C3)C2)cccc1[N+](=O)[O-]. The van der Waals surface area contributed by atoms with Gasteiger partial charge in [0.2, 0.25) is 0 Å². The zero-order valence-corrected chi connectivity index (χ0v) is 16.4. The number of nitrogens with one attached hydrogen (secondary N) is 2. The summed E-state index contributed by atoms with van der Waals surface area (Å²) in [7, 11) is 1.69. The third-order valence-electron chi connectivity index (χ3n) is 5.26. The minimum atomic E-state index is -0.549. The van der Waals surface area contributed by atoms with Crippen LogP contribution in [0.2, 0.25) is 0 Å². The molecule has 0 aromatic heterocycles. The van der Waals surface area contributed by atoms with Gasteiger partial charge in [-0.25, -0.2) is 4.79 Å². The van der Waals surface area contributed by atoms with E-state index in [0.717, 1.165) is 31.5 Å². The largest absolute Gasteiger partial charge is 0.444 e. The van der Waals surface area contributed by atoms with Crippen molar-refractivity contribution in [2.24, 2.45) is 5.92 Å². The molecule has 1 aromatic rings. The summed E-state index contributed by atoms with van der Waals surface area (Å²) >= 11 is 0. The molecule has 27 heavy (non-hydrogen) atoms. The predicted molar refractivity (Wildman–Crippen MR) is 104 cm³/mol. The van der Waals surface area contributed by atoms with Crippen LogP contribution in [0.4, 0.5) is 21.9 Å². The Morgan fingerprint density at radius 3 is 2.78 bits per heavy atom. The number of hydrogen-bond donors (Lipinski definition) is 2. The molecule has 8 nitrogen and oxygen atoms in total. The van der Waals surface area contributed by atoms with Crippen molar-refractivity contribution in [2.45, 2.75) is 51.2 Å². The van der Waals surface area contributed by atoms with Crippen LogP contribution in [-0.4, -0.2) is 42.3 Å². The fourth-order valence-electron chi connectivity index (χ4n) is 4.33. The van der Waals surface area contributed by atoms with Gasteiger partial charge in [0.15, 0.2) is 0 Å². The van der Waals surface area contributed by atoms with E-state index in [1.165, 1.54) is 6.07 Å². The third-order valence-corrected chi connectivity index (χ3v) is 5.26. The lowest BCUT2D eigenvalue weighted by Crippen LogP contribution is -2.58. The highest BCUT2D eigenvalue weighted by Gasteiger charge is 2.47. The summed E-state index contributed by atoms with van der Waals surface area (Å²) < 4.78 is 5.45. The number of alkyl carbamates (subject to hydrolysis) is 1. The fourth-order valence-corrected chi connectivity index (χ4v) is 4.33. The van der Waals surface area contributed by atoms with Gasteiger partial charge in [-0.05, 0) is 52.0 Å². The van der Waals surface area contributed by atoms with Crippen LogP contribution in [0.5, 0.6) is 0 Å². The number of anilines is 2. The van der Waals surface area contributed by atoms with E-state index in [2.05, 4.69) is 15.5 Å². The smallest absolute Gasteiger partial charge is 0.408 e. The predicted octanol–water partition coefficient (Wildman–Crippen LogP) is 3.52. The Morgan fingerprint density at radius 2 is 2.15 bits per heavy atom. The van der Waals surface area contributed by atoms with Crippen molar-refractivity contribution in [2.75, 3.05) is 30.4 Å². The molecule has 2 atom stereocenters. The first-order chi connectivity index (χ1) is 12.6. The van der Waals surface area contributed by atoms with Crippen molar-refractivity contribution in [1.82, 2.24) is 5.32 Å². The third kappa shape index (κ3) is 4.09. The number of fused-ring (bicyclic) bond motifs is 2. The number of benzene rings is 1. The Balaban J connectivity index is 1.85. The second-order valence-corrected chi connectivity index (χ2v) is 8.57. The average Bonchev–Trinajstić information content (AvgIpc) is 2.85. The van der Waals surface area contributed by atoms with Crippen LogP contribution in [-0.2, 0) is 4.74 Å². The van der Waals surface area contributed by atoms with E-state index in [1.807, 2.05) is 26.8 Å². The van der Waals surface area contributed by atoms with Gasteiger partial charge in [-0.15, -0.1) is 0 Å². The number of ether oxygens (including phenoxy) is 1. The molecule has 2 bridgehead atoms. The van der Waals surface area contributed by atoms with Crippen LogP contribution < -0.4 is 15.5 Å². The number of nitro benzene ring substituents is 1. The Labute approximate surface area is 159 Å². The fraction of sp³-hybridized carbons (Fsp3) is 0.632. The van der Waals surface area contributed by atoms with Gasteiger partial charge in [0.05, 0.1) is 16.1 Å². The average molecular weight is 376 g/mol. The molecule has 1 amide bonds. The van der Waals surface area contributed by atoms with Gasteiger partial charge in [-0.2, -0.15) is 0 Å². The van der Waals surface area contributed by atoms with E-state index < -0.39 is 11.7 Å². The molecule has 2 N–H and O–H groups in total. The molecule has 1 saturated heterocycles. The first-order valence-electron chi connectivity index (χ1n) is 9.34. The molecule has 1 aromatic carbocycles. The highest BCUT2D eigenvalue weighted by molar-refractivity contribution is 5.79. The van der Waals surface area contributed by atoms with Crippen LogP contribution >= 0.6 is 0 Å². The number of rotatable bonds is 4. The summed E-state index contributed by atoms with van der Waals surface area (Å²) in [4.78, 5) is 25.5. The van der Waals surface area contributed by atoms with Crippen LogP contribution in [0, 0.1) is 16.0 Å². The van der Waals surface area contributed by atoms with Gasteiger partial charge >= 0.3 is 6.09 Å². The molecule has 148 valence electrons. The molecule has 1 aliphatic carbocycles. The van der Waals surface area contributed by atoms with Crippen LogP contribution in [0.15, 0.2) is 18.2 Å². The molecule has 1 heterocycles. The van der Waals surface area contributed by atoms with Crippen LogP contribution in [0.3, 0.4) is 0 Å². The van der Waals surface area contributed by atoms with Gasteiger partial charge in [0.1, 0.15) is 11.3 Å². The van der Waals surface area contributed by atoms with Crippen molar-refractivity contribution in [3.05, 3.63) is 28.3 Å². The van der Waals surface area contributed by atoms with E-state index in [-0.39, 0.29) is 16.1 Å². The van der Waals surface area contributed by atoms with Crippen LogP contribution in [0.1, 0.15) is 40.0 Å². The van der Waals surface area contributed by atoms with Gasteiger partial charge in [-0.3, -0.25) is 10.1 Å². The minimum Gasteiger partial charge on any atom is -0.444 e. The molecule has 8 heteroatoms. The van der Waals surface area contributed by atoms with E-state index in [1.54, 1.807) is 13.1 Å². The maximum Gasteiger partial charge on any atom is 0.408 e. The van der Waals surface area contributed by atoms with Crippen LogP contribution in [0.25, 0.3) is 0 Å². The summed E-state index contributed by atoms with van der Waals surface area (Å²) in [5.41, 5.74) is 0.458. The van der Waals surface area contributed by atoms with Crippen molar-refractivity contribution >= 4 is 23.2 Å². The summed E-state index contributed by atoms with van der Waals surface area (Å²) in [5, 5.41) is 17.5. The summed E-state index contributed by atoms with van der Waals surface area (Å²) in [6.45, 7) is 6.97. The van der Waals surface area contributed by atoms with Gasteiger partial charge in [0, 0.05) is 26.2 Å². The molecule has 2 fully saturated rings. The Morgan fingerprint density at radius 1 is 1.41 bits per heavy atom. The molecule has 0 spiro atoms. The maximum absolute atomic E-state index is 12.4. The zero-order valence-electron chi connectivity index (χ0n) is 16.4. The topological polar surface area (TPSA) is 96.7 Å². The number of amides is 1. The number of carbonyl (C=O) groups excluding carboxylic acids is 1. The number of hydrogen-bond acceptors (Lipinski definition) is 6. The highest BCUT2D eigenvalue weighted by Crippen LogP contribution is 2.44. The zero-order chi connectivity index (χ0) is 19.8. The highest BCUT2D eigenvalue weighted by atomic mass is 16.6. The molecule has 1 saturated carbocycles. The molecule has 1 aliphatic heterocycles. The van der Waals surface area contributed by atoms with E-state index >= 15 is 0 Å². The minimum absolute atomic E-state index is 0.0575. The Kier molecular flexibility index (Phi) is 4.92. The molecule has 3 rings (SSSR count). The maximum atomic E-state index is 12.4. The normalized spacial score (nSPS) is 24.4. The number of piperidine rings is 1. The van der Waals surface area contributed by atoms with Crippen molar-refractivity contribution < 1.29 is 14.5 Å². The lowest BCUT2D eigenvalue weighted by Gasteiger charge is -2.42. The lowest BCUT2D eigenvalue weighted by atomic mass is 9.90. The van der Waals surface area contributed by atoms with Gasteiger partial charge < -0.3 is 20.3 Å². The number of nitro groups is 1. The molecule has 2 unspecified atom stereocenters. The molecule has 0 radical (unpaired) electrons. The molecular formula is C19H28N4O4. The standard InChI is InChI=1S/C19H28N4O4/c1-18(2,3)27-17(24)21-19-9-8-13(10-19)11-22(12-19)14-6-5-7-15(23(25)26)16(14)20-4/h5-7,13,20H,8-12H2,1-4H3,(H,21,24). The van der Waals surface area contributed by atoms with Crippen molar-refractivity contribution in [3.8, 4) is 0 Å². The number of nitrogens with zero attached hydrogens (tertiary/aromatic N) is 2. The Bertz CT molecular complexity index is 746. The first kappa shape index (κ1) is 19.3. The lowest BCUT2D eigenvalue weighted by molar-refractivity contribution is -0.383. The quantitative estimate of drug-likeness (QED) is 0.616. The first-order valence-corrected chi connectivity index (χ1v) is 9.34. The molecule has 2 aliphatic rings. The summed E-state index contributed by atoms with van der Waals surface area (Å²) in [6.07, 6.45) is 2.41. The van der Waals surface area contributed by atoms with E-state index in [4.69, 9.17) is 4.74 Å². The summed E-state index contributed by atoms with van der Waals surface area (Å²) in [6, 6.07) is 5.10. The summed E-state index contributed by atoms with van der Waals surface area (Å²) in [5.74, 6) is 0.442. The van der Waals surface area contributed by atoms with Crippen molar-refractivity contribution in [1.29, 1.82) is 0 Å². The Hall–Kier alpha value is -2.51. The molecular weight excluding hydrogens is 348 g/mol. The van der Waals surface area contributed by atoms with Crippen molar-refractivity contribution in [3.63, 3.8) is 0 Å². The van der Waals surface area contributed by atoms with Gasteiger partial charge in [-0.1, -0.05) is 6.07 Å². The van der Waals surface area contributed by atoms with E-state index in [9.17, 15) is 14.9 Å². The second-order valence-electron chi connectivity index (χ2n) is 8.57. The number of carbonyl (C=O) groups is 1.